The van der Waals surface area contributed by atoms with Gasteiger partial charge in [-0.1, -0.05) is 0 Å². The summed E-state index contributed by atoms with van der Waals surface area (Å²) in [4.78, 5) is 36.3. The highest BCUT2D eigenvalue weighted by Gasteiger charge is 2.23. The van der Waals surface area contributed by atoms with Gasteiger partial charge in [0.25, 0.3) is 5.91 Å². The van der Waals surface area contributed by atoms with Crippen LogP contribution in [-0.2, 0) is 0 Å². The predicted molar refractivity (Wildman–Crippen MR) is 86.4 cm³/mol. The summed E-state index contributed by atoms with van der Waals surface area (Å²) in [5.74, 6) is 0.726. The fraction of sp³-hybridized carbons (Fsp3) is 0.375. The molecule has 7 heteroatoms. The summed E-state index contributed by atoms with van der Waals surface area (Å²) in [5.41, 5.74) is 1.10. The standard InChI is InChI=1S/C16H19N5O2/c1-11-8-14(19-10-18-11)20-13-3-6-21(7-4-13)16(23)12-2-5-17-15(22)9-12/h2,5,8-10,13H,3-4,6-7H2,1H3,(H,17,22)(H,18,19,20). The number of aromatic amines is 1. The average Bonchev–Trinajstić information content (AvgIpc) is 2.55. The number of rotatable bonds is 3. The first-order chi connectivity index (χ1) is 11.1. The molecule has 0 bridgehead atoms. The van der Waals surface area contributed by atoms with Crippen molar-refractivity contribution in [3.05, 3.63) is 52.3 Å². The molecule has 3 rings (SSSR count). The molecule has 1 saturated heterocycles. The number of aromatic nitrogens is 3. The zero-order chi connectivity index (χ0) is 16.2. The number of amides is 1. The van der Waals surface area contributed by atoms with E-state index in [0.29, 0.717) is 18.7 Å². The van der Waals surface area contributed by atoms with Crippen molar-refractivity contribution >= 4 is 11.7 Å². The van der Waals surface area contributed by atoms with Gasteiger partial charge in [-0.05, 0) is 25.8 Å². The van der Waals surface area contributed by atoms with E-state index in [1.54, 1.807) is 17.3 Å². The van der Waals surface area contributed by atoms with E-state index in [-0.39, 0.29) is 17.5 Å². The monoisotopic (exact) mass is 313 g/mol. The van der Waals surface area contributed by atoms with Crippen LogP contribution in [0.3, 0.4) is 0 Å². The molecule has 1 aliphatic rings. The van der Waals surface area contributed by atoms with Gasteiger partial charge in [0.1, 0.15) is 12.1 Å². The number of hydrogen-bond donors (Lipinski definition) is 2. The zero-order valence-corrected chi connectivity index (χ0v) is 13.0. The van der Waals surface area contributed by atoms with Crippen LogP contribution in [0.5, 0.6) is 0 Å². The summed E-state index contributed by atoms with van der Waals surface area (Å²) in [6.45, 7) is 3.25. The van der Waals surface area contributed by atoms with Crippen LogP contribution in [0.4, 0.5) is 5.82 Å². The van der Waals surface area contributed by atoms with Crippen LogP contribution in [0.25, 0.3) is 0 Å². The van der Waals surface area contributed by atoms with E-state index in [4.69, 9.17) is 0 Å². The molecule has 2 aromatic rings. The molecular formula is C16H19N5O2. The fourth-order valence-corrected chi connectivity index (χ4v) is 2.73. The molecule has 1 amide bonds. The van der Waals surface area contributed by atoms with Crippen molar-refractivity contribution in [2.45, 2.75) is 25.8 Å². The fourth-order valence-electron chi connectivity index (χ4n) is 2.73. The summed E-state index contributed by atoms with van der Waals surface area (Å²) in [5, 5.41) is 3.39. The lowest BCUT2D eigenvalue weighted by atomic mass is 10.0. The predicted octanol–water partition coefficient (Wildman–Crippen LogP) is 1.19. The van der Waals surface area contributed by atoms with Gasteiger partial charge >= 0.3 is 0 Å². The molecule has 0 atom stereocenters. The number of H-pyrrole nitrogens is 1. The largest absolute Gasteiger partial charge is 0.367 e. The number of nitrogens with zero attached hydrogens (tertiary/aromatic N) is 3. The van der Waals surface area contributed by atoms with Crippen LogP contribution in [0, 0.1) is 6.92 Å². The minimum Gasteiger partial charge on any atom is -0.367 e. The molecule has 7 nitrogen and oxygen atoms in total. The summed E-state index contributed by atoms with van der Waals surface area (Å²) in [6, 6.07) is 5.18. The van der Waals surface area contributed by atoms with Crippen LogP contribution in [0.1, 0.15) is 28.9 Å². The van der Waals surface area contributed by atoms with E-state index in [0.717, 1.165) is 24.4 Å². The van der Waals surface area contributed by atoms with Crippen LogP contribution in [-0.4, -0.2) is 44.9 Å². The Morgan fingerprint density at radius 3 is 2.78 bits per heavy atom. The molecule has 0 unspecified atom stereocenters. The average molecular weight is 313 g/mol. The Bertz CT molecular complexity index is 750. The van der Waals surface area contributed by atoms with Gasteiger partial charge in [0.05, 0.1) is 0 Å². The molecule has 0 saturated carbocycles. The molecular weight excluding hydrogens is 294 g/mol. The molecule has 0 aromatic carbocycles. The highest BCUT2D eigenvalue weighted by Crippen LogP contribution is 2.17. The minimum absolute atomic E-state index is 0.0903. The number of aryl methyl sites for hydroxylation is 1. The van der Waals surface area contributed by atoms with Gasteiger partial charge in [-0.15, -0.1) is 0 Å². The topological polar surface area (TPSA) is 91.0 Å². The van der Waals surface area contributed by atoms with E-state index in [1.165, 1.54) is 12.3 Å². The number of nitrogens with one attached hydrogen (secondary N) is 2. The first-order valence-electron chi connectivity index (χ1n) is 7.65. The van der Waals surface area contributed by atoms with Crippen LogP contribution in [0.15, 0.2) is 35.5 Å². The molecule has 0 spiro atoms. The molecule has 0 radical (unpaired) electrons. The summed E-state index contributed by atoms with van der Waals surface area (Å²) >= 11 is 0. The Kier molecular flexibility index (Phi) is 4.36. The second-order valence-electron chi connectivity index (χ2n) is 5.70. The molecule has 0 aliphatic carbocycles. The van der Waals surface area contributed by atoms with Gasteiger partial charge in [0, 0.05) is 48.7 Å². The van der Waals surface area contributed by atoms with Gasteiger partial charge in [-0.3, -0.25) is 9.59 Å². The first kappa shape index (κ1) is 15.2. The van der Waals surface area contributed by atoms with Crippen molar-refractivity contribution in [2.24, 2.45) is 0 Å². The summed E-state index contributed by atoms with van der Waals surface area (Å²) in [6.07, 6.45) is 4.74. The molecule has 120 valence electrons. The maximum Gasteiger partial charge on any atom is 0.254 e. The number of likely N-dealkylation sites (tertiary alicyclic amines) is 1. The van der Waals surface area contributed by atoms with Crippen LogP contribution >= 0.6 is 0 Å². The third-order valence-corrected chi connectivity index (χ3v) is 3.96. The Labute approximate surface area is 133 Å². The first-order valence-corrected chi connectivity index (χ1v) is 7.65. The lowest BCUT2D eigenvalue weighted by molar-refractivity contribution is 0.0718. The van der Waals surface area contributed by atoms with E-state index in [2.05, 4.69) is 20.3 Å². The number of hydrogen-bond acceptors (Lipinski definition) is 5. The number of anilines is 1. The van der Waals surface area contributed by atoms with E-state index in [1.807, 2.05) is 13.0 Å². The molecule has 1 fully saturated rings. The number of carbonyl (C=O) groups excluding carboxylic acids is 1. The molecule has 2 N–H and O–H groups in total. The third-order valence-electron chi connectivity index (χ3n) is 3.96. The van der Waals surface area contributed by atoms with Gasteiger partial charge in [-0.25, -0.2) is 9.97 Å². The molecule has 3 heterocycles. The van der Waals surface area contributed by atoms with Crippen molar-refractivity contribution in [1.82, 2.24) is 19.9 Å². The highest BCUT2D eigenvalue weighted by atomic mass is 16.2. The van der Waals surface area contributed by atoms with E-state index in [9.17, 15) is 9.59 Å². The lowest BCUT2D eigenvalue weighted by Gasteiger charge is -2.32. The van der Waals surface area contributed by atoms with E-state index < -0.39 is 0 Å². The third kappa shape index (κ3) is 3.74. The zero-order valence-electron chi connectivity index (χ0n) is 13.0. The molecule has 1 aliphatic heterocycles. The van der Waals surface area contributed by atoms with Crippen molar-refractivity contribution in [3.63, 3.8) is 0 Å². The summed E-state index contributed by atoms with van der Waals surface area (Å²) in [7, 11) is 0. The Morgan fingerprint density at radius 2 is 2.09 bits per heavy atom. The van der Waals surface area contributed by atoms with Gasteiger partial charge in [-0.2, -0.15) is 0 Å². The SMILES string of the molecule is Cc1cc(NC2CCN(C(=O)c3cc[nH]c(=O)c3)CC2)ncn1. The van der Waals surface area contributed by atoms with Gasteiger partial charge in [0.2, 0.25) is 5.56 Å². The molecule has 2 aromatic heterocycles. The number of pyridine rings is 1. The van der Waals surface area contributed by atoms with Crippen LogP contribution in [0.2, 0.25) is 0 Å². The maximum absolute atomic E-state index is 12.4. The Balaban J connectivity index is 1.58. The second kappa shape index (κ2) is 6.60. The van der Waals surface area contributed by atoms with Crippen molar-refractivity contribution in [3.8, 4) is 0 Å². The normalized spacial score (nSPS) is 15.4. The summed E-state index contributed by atoms with van der Waals surface area (Å²) < 4.78 is 0. The van der Waals surface area contributed by atoms with Crippen molar-refractivity contribution in [2.75, 3.05) is 18.4 Å². The number of piperidine rings is 1. The van der Waals surface area contributed by atoms with Gasteiger partial charge < -0.3 is 15.2 Å². The van der Waals surface area contributed by atoms with Crippen molar-refractivity contribution < 1.29 is 4.79 Å². The molecule has 23 heavy (non-hydrogen) atoms. The quantitative estimate of drug-likeness (QED) is 0.888. The lowest BCUT2D eigenvalue weighted by Crippen LogP contribution is -2.42. The van der Waals surface area contributed by atoms with Crippen molar-refractivity contribution in [1.29, 1.82) is 0 Å². The van der Waals surface area contributed by atoms with E-state index >= 15 is 0 Å². The van der Waals surface area contributed by atoms with Crippen LogP contribution < -0.4 is 10.9 Å². The smallest absolute Gasteiger partial charge is 0.254 e. The number of carbonyl (C=O) groups is 1. The Morgan fingerprint density at radius 1 is 1.30 bits per heavy atom. The minimum atomic E-state index is -0.258. The second-order valence-corrected chi connectivity index (χ2v) is 5.70. The maximum atomic E-state index is 12.4. The Hall–Kier alpha value is -2.70. The highest BCUT2D eigenvalue weighted by molar-refractivity contribution is 5.94. The van der Waals surface area contributed by atoms with Gasteiger partial charge in [0.15, 0.2) is 0 Å².